The summed E-state index contributed by atoms with van der Waals surface area (Å²) in [4.78, 5) is 43.2. The molecule has 0 spiro atoms. The Bertz CT molecular complexity index is 1530. The molecule has 2 aliphatic carbocycles. The third kappa shape index (κ3) is 3.61. The predicted octanol–water partition coefficient (Wildman–Crippen LogP) is 4.99. The van der Waals surface area contributed by atoms with Gasteiger partial charge in [0.15, 0.2) is 5.16 Å². The summed E-state index contributed by atoms with van der Waals surface area (Å²) < 4.78 is 1.72. The van der Waals surface area contributed by atoms with Crippen LogP contribution in [-0.2, 0) is 38.0 Å². The van der Waals surface area contributed by atoms with Crippen molar-refractivity contribution in [1.29, 1.82) is 0 Å². The average Bonchev–Trinajstić information content (AvgIpc) is 3.43. The second kappa shape index (κ2) is 8.52. The van der Waals surface area contributed by atoms with Crippen molar-refractivity contribution in [1.82, 2.24) is 19.5 Å². The number of allylic oxidation sites excluding steroid dienone is 1. The van der Waals surface area contributed by atoms with Crippen molar-refractivity contribution in [2.75, 3.05) is 0 Å². The number of aromatic amines is 1. The van der Waals surface area contributed by atoms with E-state index in [9.17, 15) is 9.59 Å². The topological polar surface area (TPSA) is 80.6 Å². The Morgan fingerprint density at radius 1 is 0.939 bits per heavy atom. The number of H-pyrrole nitrogens is 1. The molecule has 0 atom stereocenters. The van der Waals surface area contributed by atoms with Crippen LogP contribution in [0.4, 0.5) is 0 Å². The largest absolute Gasteiger partial charge is 0.309 e. The summed E-state index contributed by atoms with van der Waals surface area (Å²) in [6.07, 6.45) is 10.4. The minimum atomic E-state index is -0.0520. The van der Waals surface area contributed by atoms with E-state index >= 15 is 0 Å². The molecule has 6 rings (SSSR count). The third-order valence-electron chi connectivity index (χ3n) is 6.56. The number of hydrogen-bond donors (Lipinski definition) is 1. The Hall–Kier alpha value is -2.23. The molecule has 1 N–H and O–H groups in total. The van der Waals surface area contributed by atoms with Gasteiger partial charge in [0.25, 0.3) is 11.1 Å². The summed E-state index contributed by atoms with van der Waals surface area (Å²) in [5.74, 6) is 1.08. The lowest BCUT2D eigenvalue weighted by molar-refractivity contribution is 0.671. The highest BCUT2D eigenvalue weighted by Crippen LogP contribution is 2.36. The van der Waals surface area contributed by atoms with Gasteiger partial charge in [-0.3, -0.25) is 14.2 Å². The van der Waals surface area contributed by atoms with Gasteiger partial charge in [0, 0.05) is 16.3 Å². The molecule has 4 heterocycles. The van der Waals surface area contributed by atoms with E-state index in [1.807, 2.05) is 0 Å². The first kappa shape index (κ1) is 21.3. The monoisotopic (exact) mass is 496 g/mol. The lowest BCUT2D eigenvalue weighted by Crippen LogP contribution is -2.23. The Balaban J connectivity index is 1.38. The second-order valence-electron chi connectivity index (χ2n) is 8.68. The highest BCUT2D eigenvalue weighted by molar-refractivity contribution is 7.98. The maximum Gasteiger partial charge on any atom is 0.263 e. The number of nitrogens with one attached hydrogen (secondary N) is 1. The molecule has 170 valence electrons. The van der Waals surface area contributed by atoms with Gasteiger partial charge in [-0.05, 0) is 56.1 Å². The van der Waals surface area contributed by atoms with Crippen molar-refractivity contribution >= 4 is 54.9 Å². The molecule has 0 radical (unpaired) electrons. The first-order chi connectivity index (χ1) is 16.1. The van der Waals surface area contributed by atoms with Crippen molar-refractivity contribution in [3.63, 3.8) is 0 Å². The molecule has 33 heavy (non-hydrogen) atoms. The van der Waals surface area contributed by atoms with E-state index in [1.54, 1.807) is 33.3 Å². The van der Waals surface area contributed by atoms with E-state index in [0.29, 0.717) is 23.3 Å². The molecule has 9 heteroatoms. The number of aromatic nitrogens is 4. The zero-order valence-electron chi connectivity index (χ0n) is 18.2. The number of hydrogen-bond acceptors (Lipinski definition) is 7. The molecule has 0 amide bonds. The molecular weight excluding hydrogens is 472 g/mol. The maximum absolute atomic E-state index is 13.5. The van der Waals surface area contributed by atoms with E-state index < -0.39 is 0 Å². The minimum Gasteiger partial charge on any atom is -0.309 e. The van der Waals surface area contributed by atoms with E-state index in [4.69, 9.17) is 9.97 Å². The van der Waals surface area contributed by atoms with Gasteiger partial charge in [-0.1, -0.05) is 24.3 Å². The molecular formula is C24H24N4O2S3. The second-order valence-corrected chi connectivity index (χ2v) is 11.8. The molecule has 2 aliphatic rings. The summed E-state index contributed by atoms with van der Waals surface area (Å²) in [6.45, 7) is 4.26. The summed E-state index contributed by atoms with van der Waals surface area (Å²) in [6, 6.07) is 0. The van der Waals surface area contributed by atoms with Gasteiger partial charge in [0.1, 0.15) is 15.5 Å². The van der Waals surface area contributed by atoms with Crippen LogP contribution in [0, 0.1) is 0 Å². The first-order valence-corrected chi connectivity index (χ1v) is 14.1. The van der Waals surface area contributed by atoms with E-state index in [1.165, 1.54) is 45.5 Å². The van der Waals surface area contributed by atoms with Crippen LogP contribution in [0.5, 0.6) is 0 Å². The average molecular weight is 497 g/mol. The normalized spacial score (nSPS) is 15.6. The van der Waals surface area contributed by atoms with E-state index in [-0.39, 0.29) is 11.1 Å². The summed E-state index contributed by atoms with van der Waals surface area (Å²) >= 11 is 4.77. The van der Waals surface area contributed by atoms with E-state index in [2.05, 4.69) is 11.6 Å². The molecule has 0 aromatic carbocycles. The lowest BCUT2D eigenvalue weighted by Gasteiger charge is -2.10. The van der Waals surface area contributed by atoms with Crippen molar-refractivity contribution in [3.8, 4) is 0 Å². The number of thiophene rings is 2. The number of nitrogens with zero attached hydrogens (tertiary/aromatic N) is 3. The van der Waals surface area contributed by atoms with Gasteiger partial charge in [-0.15, -0.1) is 29.3 Å². The highest BCUT2D eigenvalue weighted by Gasteiger charge is 2.23. The Morgan fingerprint density at radius 3 is 2.45 bits per heavy atom. The summed E-state index contributed by atoms with van der Waals surface area (Å²) in [5.41, 5.74) is 2.37. The fourth-order valence-electron chi connectivity index (χ4n) is 5.05. The van der Waals surface area contributed by atoms with Gasteiger partial charge in [0.05, 0.1) is 16.5 Å². The molecule has 0 bridgehead atoms. The van der Waals surface area contributed by atoms with Gasteiger partial charge < -0.3 is 4.98 Å². The molecule has 6 nitrogen and oxygen atoms in total. The van der Waals surface area contributed by atoms with Crippen LogP contribution in [-0.4, -0.2) is 19.5 Å². The predicted molar refractivity (Wildman–Crippen MR) is 137 cm³/mol. The Labute approximate surface area is 202 Å². The van der Waals surface area contributed by atoms with Crippen molar-refractivity contribution in [2.45, 2.75) is 68.8 Å². The fraction of sp³-hybridized carbons (Fsp3) is 0.417. The first-order valence-electron chi connectivity index (χ1n) is 11.5. The molecule has 4 aromatic heterocycles. The van der Waals surface area contributed by atoms with Crippen LogP contribution in [0.15, 0.2) is 27.4 Å². The number of rotatable bonds is 5. The highest BCUT2D eigenvalue weighted by atomic mass is 32.2. The summed E-state index contributed by atoms with van der Waals surface area (Å²) in [5, 5.41) is 2.22. The van der Waals surface area contributed by atoms with Crippen LogP contribution >= 0.6 is 34.4 Å². The zero-order chi connectivity index (χ0) is 22.5. The summed E-state index contributed by atoms with van der Waals surface area (Å²) in [7, 11) is 0. The Morgan fingerprint density at radius 2 is 1.64 bits per heavy atom. The van der Waals surface area contributed by atoms with Crippen molar-refractivity contribution in [2.24, 2.45) is 0 Å². The van der Waals surface area contributed by atoms with Crippen LogP contribution in [0.1, 0.15) is 52.4 Å². The smallest absolute Gasteiger partial charge is 0.263 e. The SMILES string of the molecule is C=CCn1c(SCc2nc3sc4c(c3c(=O)[nH]2)CCC4)nc2sc3c(c2c1=O)CCCCC3. The van der Waals surface area contributed by atoms with Crippen molar-refractivity contribution in [3.05, 3.63) is 60.1 Å². The fourth-order valence-corrected chi connectivity index (χ4v) is 8.51. The molecule has 0 unspecified atom stereocenters. The van der Waals surface area contributed by atoms with Gasteiger partial charge in [-0.2, -0.15) is 0 Å². The molecule has 0 aliphatic heterocycles. The maximum atomic E-state index is 13.5. The van der Waals surface area contributed by atoms with Crippen LogP contribution < -0.4 is 11.1 Å². The van der Waals surface area contributed by atoms with Gasteiger partial charge >= 0.3 is 0 Å². The molecule has 0 saturated carbocycles. The standard InChI is InChI=1S/C24H24N4O2S3/c1-2-11-28-23(30)19-14-7-4-3-5-9-15(14)33-22(19)27-24(28)31-12-17-25-20(29)18-13-8-6-10-16(13)32-21(18)26-17/h2H,1,3-12H2,(H,25,26,29). The zero-order valence-corrected chi connectivity index (χ0v) is 20.7. The van der Waals surface area contributed by atoms with E-state index in [0.717, 1.165) is 59.0 Å². The van der Waals surface area contributed by atoms with Crippen LogP contribution in [0.3, 0.4) is 0 Å². The molecule has 4 aromatic rings. The lowest BCUT2D eigenvalue weighted by atomic mass is 10.1. The minimum absolute atomic E-state index is 0.0217. The number of thioether (sulfide) groups is 1. The van der Waals surface area contributed by atoms with Crippen LogP contribution in [0.2, 0.25) is 0 Å². The quantitative estimate of drug-likeness (QED) is 0.182. The Kier molecular flexibility index (Phi) is 5.50. The number of aryl methyl sites for hydroxylation is 4. The van der Waals surface area contributed by atoms with Gasteiger partial charge in [-0.25, -0.2) is 9.97 Å². The van der Waals surface area contributed by atoms with Crippen LogP contribution in [0.25, 0.3) is 20.4 Å². The third-order valence-corrected chi connectivity index (χ3v) is 9.92. The van der Waals surface area contributed by atoms with Crippen molar-refractivity contribution < 1.29 is 0 Å². The molecule has 0 fully saturated rings. The van der Waals surface area contributed by atoms with Gasteiger partial charge in [0.2, 0.25) is 0 Å². The molecule has 0 saturated heterocycles. The number of fused-ring (bicyclic) bond motifs is 6.